The predicted octanol–water partition coefficient (Wildman–Crippen LogP) is 1.31. The number of anilines is 1. The molecule has 0 bridgehead atoms. The average molecular weight is 340 g/mol. The molecule has 25 heavy (non-hydrogen) atoms. The largest absolute Gasteiger partial charge is 0.497 e. The summed E-state index contributed by atoms with van der Waals surface area (Å²) in [7, 11) is 4.60. The molecule has 1 saturated heterocycles. The number of aromatic nitrogens is 2. The van der Waals surface area contributed by atoms with Crippen LogP contribution in [0.3, 0.4) is 0 Å². The molecule has 1 aromatic heterocycles. The Morgan fingerprint density at radius 3 is 2.68 bits per heavy atom. The number of methoxy groups -OCH3 is 1. The van der Waals surface area contributed by atoms with Gasteiger partial charge in [0.15, 0.2) is 5.56 Å². The third kappa shape index (κ3) is 2.70. The maximum absolute atomic E-state index is 12.4. The van der Waals surface area contributed by atoms with Crippen LogP contribution in [-0.2, 0) is 14.1 Å². The van der Waals surface area contributed by atoms with E-state index in [9.17, 15) is 14.9 Å². The Kier molecular flexibility index (Phi) is 4.36. The van der Waals surface area contributed by atoms with Gasteiger partial charge in [-0.05, 0) is 30.5 Å². The first kappa shape index (κ1) is 16.8. The van der Waals surface area contributed by atoms with Crippen molar-refractivity contribution in [3.8, 4) is 11.8 Å². The van der Waals surface area contributed by atoms with Crippen molar-refractivity contribution in [1.29, 1.82) is 5.26 Å². The summed E-state index contributed by atoms with van der Waals surface area (Å²) >= 11 is 0. The molecule has 130 valence electrons. The molecule has 1 aliphatic heterocycles. The van der Waals surface area contributed by atoms with Crippen LogP contribution in [0.15, 0.2) is 33.9 Å². The molecular weight excluding hydrogens is 320 g/mol. The Balaban J connectivity index is 2.17. The second-order valence-corrected chi connectivity index (χ2v) is 6.14. The molecule has 0 spiro atoms. The van der Waals surface area contributed by atoms with E-state index in [0.717, 1.165) is 28.7 Å². The van der Waals surface area contributed by atoms with Gasteiger partial charge in [-0.3, -0.25) is 13.9 Å². The van der Waals surface area contributed by atoms with Crippen molar-refractivity contribution < 1.29 is 4.74 Å². The van der Waals surface area contributed by atoms with Gasteiger partial charge >= 0.3 is 5.69 Å². The summed E-state index contributed by atoms with van der Waals surface area (Å²) < 4.78 is 7.66. The van der Waals surface area contributed by atoms with Gasteiger partial charge < -0.3 is 9.64 Å². The van der Waals surface area contributed by atoms with Gasteiger partial charge in [0.25, 0.3) is 5.56 Å². The number of benzene rings is 1. The van der Waals surface area contributed by atoms with E-state index in [2.05, 4.69) is 0 Å². The maximum atomic E-state index is 12.4. The zero-order chi connectivity index (χ0) is 18.1. The number of hydrogen-bond acceptors (Lipinski definition) is 5. The van der Waals surface area contributed by atoms with Crippen molar-refractivity contribution in [2.45, 2.75) is 18.9 Å². The fourth-order valence-electron chi connectivity index (χ4n) is 3.48. The molecule has 2 aromatic rings. The van der Waals surface area contributed by atoms with Crippen LogP contribution in [0.4, 0.5) is 5.82 Å². The van der Waals surface area contributed by atoms with Gasteiger partial charge in [0.1, 0.15) is 17.6 Å². The highest BCUT2D eigenvalue weighted by Crippen LogP contribution is 2.37. The number of nitrogens with zero attached hydrogens (tertiary/aromatic N) is 4. The van der Waals surface area contributed by atoms with Crippen molar-refractivity contribution in [3.63, 3.8) is 0 Å². The summed E-state index contributed by atoms with van der Waals surface area (Å²) in [4.78, 5) is 26.7. The average Bonchev–Trinajstić information content (AvgIpc) is 3.12. The van der Waals surface area contributed by atoms with E-state index >= 15 is 0 Å². The Hall–Kier alpha value is -3.01. The van der Waals surface area contributed by atoms with Gasteiger partial charge in [-0.2, -0.15) is 5.26 Å². The van der Waals surface area contributed by atoms with Crippen molar-refractivity contribution >= 4 is 5.82 Å². The molecule has 7 heteroatoms. The maximum Gasteiger partial charge on any atom is 0.332 e. The molecule has 1 fully saturated rings. The van der Waals surface area contributed by atoms with Crippen molar-refractivity contribution in [1.82, 2.24) is 9.13 Å². The number of rotatable bonds is 3. The van der Waals surface area contributed by atoms with Gasteiger partial charge in [-0.25, -0.2) is 4.79 Å². The van der Waals surface area contributed by atoms with Crippen LogP contribution < -0.4 is 20.9 Å². The lowest BCUT2D eigenvalue weighted by molar-refractivity contribution is 0.413. The number of hydrogen-bond donors (Lipinski definition) is 0. The molecule has 1 aromatic carbocycles. The summed E-state index contributed by atoms with van der Waals surface area (Å²) in [6, 6.07) is 9.71. The van der Waals surface area contributed by atoms with Gasteiger partial charge in [0.05, 0.1) is 13.2 Å². The summed E-state index contributed by atoms with van der Waals surface area (Å²) in [5, 5.41) is 9.51. The van der Waals surface area contributed by atoms with Gasteiger partial charge in [0.2, 0.25) is 0 Å². The highest BCUT2D eigenvalue weighted by atomic mass is 16.5. The van der Waals surface area contributed by atoms with Crippen LogP contribution in [-0.4, -0.2) is 22.8 Å². The summed E-state index contributed by atoms with van der Waals surface area (Å²) in [6.07, 6.45) is 1.79. The first-order valence-corrected chi connectivity index (χ1v) is 8.10. The fraction of sp³-hybridized carbons (Fsp3) is 0.389. The Morgan fingerprint density at radius 2 is 2.00 bits per heavy atom. The van der Waals surface area contributed by atoms with Gasteiger partial charge in [-0.15, -0.1) is 0 Å². The van der Waals surface area contributed by atoms with Crippen LogP contribution in [0.2, 0.25) is 0 Å². The highest BCUT2D eigenvalue weighted by Gasteiger charge is 2.31. The van der Waals surface area contributed by atoms with Crippen LogP contribution in [0.1, 0.15) is 30.0 Å². The van der Waals surface area contributed by atoms with E-state index in [1.54, 1.807) is 14.2 Å². The zero-order valence-electron chi connectivity index (χ0n) is 14.5. The quantitative estimate of drug-likeness (QED) is 0.841. The SMILES string of the molecule is COc1cccc(C2CCCN2c2c(C#N)c(=O)n(C)c(=O)n2C)c1. The van der Waals surface area contributed by atoms with E-state index < -0.39 is 11.2 Å². The van der Waals surface area contributed by atoms with E-state index in [1.165, 1.54) is 11.6 Å². The molecule has 1 aliphatic rings. The zero-order valence-corrected chi connectivity index (χ0v) is 14.5. The minimum atomic E-state index is -0.558. The summed E-state index contributed by atoms with van der Waals surface area (Å²) in [5.41, 5.74) is 0.0421. The lowest BCUT2D eigenvalue weighted by Crippen LogP contribution is -2.42. The minimum absolute atomic E-state index is 0.000559. The standard InChI is InChI=1S/C18H20N4O3/c1-20-16(14(11-19)17(23)21(2)18(20)24)22-9-5-8-15(22)12-6-4-7-13(10-12)25-3/h4,6-7,10,15H,5,8-9H2,1-3H3. The van der Waals surface area contributed by atoms with Crippen molar-refractivity contribution in [2.75, 3.05) is 18.6 Å². The summed E-state index contributed by atoms with van der Waals surface area (Å²) in [5.74, 6) is 1.14. The second kappa shape index (κ2) is 6.48. The highest BCUT2D eigenvalue weighted by molar-refractivity contribution is 5.56. The predicted molar refractivity (Wildman–Crippen MR) is 94.0 cm³/mol. The first-order chi connectivity index (χ1) is 12.0. The van der Waals surface area contributed by atoms with Crippen LogP contribution in [0, 0.1) is 11.3 Å². The monoisotopic (exact) mass is 340 g/mol. The molecular formula is C18H20N4O3. The van der Waals surface area contributed by atoms with Crippen molar-refractivity contribution in [2.24, 2.45) is 14.1 Å². The lowest BCUT2D eigenvalue weighted by atomic mass is 10.0. The molecule has 1 unspecified atom stereocenters. The molecule has 0 saturated carbocycles. The van der Waals surface area contributed by atoms with E-state index in [1.807, 2.05) is 35.2 Å². The van der Waals surface area contributed by atoms with Gasteiger partial charge in [0, 0.05) is 20.6 Å². The van der Waals surface area contributed by atoms with Crippen LogP contribution in [0.5, 0.6) is 5.75 Å². The third-order valence-electron chi connectivity index (χ3n) is 4.75. The van der Waals surface area contributed by atoms with Crippen LogP contribution in [0.25, 0.3) is 0 Å². The Bertz CT molecular complexity index is 968. The molecule has 7 nitrogen and oxygen atoms in total. The topological polar surface area (TPSA) is 80.3 Å². The van der Waals surface area contributed by atoms with E-state index in [4.69, 9.17) is 4.74 Å². The molecule has 2 heterocycles. The molecule has 1 atom stereocenters. The Labute approximate surface area is 145 Å². The molecule has 0 N–H and O–H groups in total. The van der Waals surface area contributed by atoms with Crippen LogP contribution >= 0.6 is 0 Å². The normalized spacial score (nSPS) is 16.7. The third-order valence-corrected chi connectivity index (χ3v) is 4.75. The number of ether oxygens (including phenoxy) is 1. The summed E-state index contributed by atoms with van der Waals surface area (Å²) in [6.45, 7) is 0.678. The smallest absolute Gasteiger partial charge is 0.332 e. The van der Waals surface area contributed by atoms with E-state index in [-0.39, 0.29) is 11.6 Å². The number of nitriles is 1. The van der Waals surface area contributed by atoms with Crippen molar-refractivity contribution in [3.05, 3.63) is 56.2 Å². The molecule has 0 radical (unpaired) electrons. The molecule has 0 amide bonds. The Morgan fingerprint density at radius 1 is 1.24 bits per heavy atom. The second-order valence-electron chi connectivity index (χ2n) is 6.14. The molecule has 0 aliphatic carbocycles. The lowest BCUT2D eigenvalue weighted by Gasteiger charge is -2.29. The minimum Gasteiger partial charge on any atom is -0.497 e. The molecule has 3 rings (SSSR count). The first-order valence-electron chi connectivity index (χ1n) is 8.10. The van der Waals surface area contributed by atoms with E-state index in [0.29, 0.717) is 12.4 Å². The fourth-order valence-corrected chi connectivity index (χ4v) is 3.48. The van der Waals surface area contributed by atoms with Gasteiger partial charge in [-0.1, -0.05) is 12.1 Å².